The van der Waals surface area contributed by atoms with Gasteiger partial charge in [-0.3, -0.25) is 4.79 Å². The van der Waals surface area contributed by atoms with Crippen molar-refractivity contribution in [3.8, 4) is 5.75 Å². The van der Waals surface area contributed by atoms with Gasteiger partial charge in [-0.05, 0) is 65.2 Å². The SMILES string of the molecule is [N-]=[N+]=Nc1ccccc1C[C@@]1(C(=O)NCc2cc(C(F)(F)F)cc(C(F)(F)F)c2)N=C(c2ccc(OCCCO)cc2)O[C@@H]1c1ccccc1Br. The maximum absolute atomic E-state index is 14.5. The van der Waals surface area contributed by atoms with Crippen molar-refractivity contribution >= 4 is 33.4 Å². The van der Waals surface area contributed by atoms with Crippen LogP contribution in [0.3, 0.4) is 0 Å². The van der Waals surface area contributed by atoms with Crippen molar-refractivity contribution in [2.24, 2.45) is 10.1 Å². The summed E-state index contributed by atoms with van der Waals surface area (Å²) in [7, 11) is 0. The van der Waals surface area contributed by atoms with Crippen LogP contribution in [0.25, 0.3) is 10.4 Å². The van der Waals surface area contributed by atoms with Crippen LogP contribution in [0, 0.1) is 0 Å². The molecule has 4 aromatic carbocycles. The number of halogens is 7. The molecule has 2 N–H and O–H groups in total. The zero-order chi connectivity index (χ0) is 36.8. The molecule has 9 nitrogen and oxygen atoms in total. The molecule has 4 aromatic rings. The van der Waals surface area contributed by atoms with Crippen molar-refractivity contribution in [3.63, 3.8) is 0 Å². The molecular formula is C35H28BrF6N5O4. The third-order valence-corrected chi connectivity index (χ3v) is 8.64. The number of nitrogens with one attached hydrogen (secondary N) is 1. The van der Waals surface area contributed by atoms with Crippen molar-refractivity contribution < 1.29 is 45.7 Å². The van der Waals surface area contributed by atoms with E-state index in [-0.39, 0.29) is 37.3 Å². The van der Waals surface area contributed by atoms with Crippen molar-refractivity contribution in [2.75, 3.05) is 13.2 Å². The quantitative estimate of drug-likeness (QED) is 0.0489. The van der Waals surface area contributed by atoms with E-state index >= 15 is 0 Å². The maximum Gasteiger partial charge on any atom is 0.416 e. The normalized spacial score (nSPS) is 17.3. The molecule has 51 heavy (non-hydrogen) atoms. The number of aliphatic hydroxyl groups excluding tert-OH is 1. The number of nitrogens with zero attached hydrogens (tertiary/aromatic N) is 4. The molecule has 5 rings (SSSR count). The number of ether oxygens (including phenoxy) is 2. The maximum atomic E-state index is 14.5. The largest absolute Gasteiger partial charge is 0.494 e. The number of benzene rings is 4. The number of carbonyl (C=O) groups is 1. The van der Waals surface area contributed by atoms with Gasteiger partial charge in [0.15, 0.2) is 11.6 Å². The summed E-state index contributed by atoms with van der Waals surface area (Å²) in [6.45, 7) is -0.510. The minimum atomic E-state index is -5.09. The van der Waals surface area contributed by atoms with Gasteiger partial charge in [0.05, 0.1) is 17.7 Å². The van der Waals surface area contributed by atoms with Crippen LogP contribution in [0.4, 0.5) is 32.0 Å². The Morgan fingerprint density at radius 1 is 0.980 bits per heavy atom. The first-order chi connectivity index (χ1) is 24.2. The molecule has 0 aromatic heterocycles. The molecule has 0 bridgehead atoms. The molecule has 16 heteroatoms. The number of hydrogen-bond donors (Lipinski definition) is 2. The van der Waals surface area contributed by atoms with Crippen LogP contribution < -0.4 is 10.1 Å². The van der Waals surface area contributed by atoms with Crippen molar-refractivity contribution in [1.29, 1.82) is 0 Å². The molecule has 0 saturated carbocycles. The average Bonchev–Trinajstić information content (AvgIpc) is 3.48. The lowest BCUT2D eigenvalue weighted by Crippen LogP contribution is -2.49. The molecule has 1 heterocycles. The van der Waals surface area contributed by atoms with E-state index in [9.17, 15) is 36.7 Å². The third-order valence-electron chi connectivity index (χ3n) is 7.92. The van der Waals surface area contributed by atoms with Crippen LogP contribution in [-0.4, -0.2) is 35.7 Å². The summed E-state index contributed by atoms with van der Waals surface area (Å²) < 4.78 is 94.3. The Kier molecular flexibility index (Phi) is 11.3. The molecule has 1 aliphatic rings. The van der Waals surface area contributed by atoms with Gasteiger partial charge in [-0.2, -0.15) is 26.3 Å². The molecule has 0 spiro atoms. The Balaban J connectivity index is 1.63. The topological polar surface area (TPSA) is 129 Å². The lowest BCUT2D eigenvalue weighted by Gasteiger charge is -2.31. The van der Waals surface area contributed by atoms with E-state index < -0.39 is 53.1 Å². The fraction of sp³-hybridized carbons (Fsp3) is 0.257. The second-order valence-corrected chi connectivity index (χ2v) is 12.3. The Morgan fingerprint density at radius 3 is 2.25 bits per heavy atom. The van der Waals surface area contributed by atoms with Crippen LogP contribution in [0.5, 0.6) is 5.75 Å². The van der Waals surface area contributed by atoms with E-state index in [1.54, 1.807) is 66.7 Å². The van der Waals surface area contributed by atoms with E-state index in [1.165, 1.54) is 6.07 Å². The molecule has 0 aliphatic carbocycles. The highest BCUT2D eigenvalue weighted by molar-refractivity contribution is 9.10. The van der Waals surface area contributed by atoms with Gasteiger partial charge in [-0.1, -0.05) is 63.5 Å². The zero-order valence-corrected chi connectivity index (χ0v) is 28.0. The highest BCUT2D eigenvalue weighted by atomic mass is 79.9. The molecule has 266 valence electrons. The van der Waals surface area contributed by atoms with Gasteiger partial charge in [0.2, 0.25) is 5.90 Å². The number of amides is 1. The second-order valence-electron chi connectivity index (χ2n) is 11.4. The summed E-state index contributed by atoms with van der Waals surface area (Å²) in [5.41, 5.74) is 5.19. The predicted molar refractivity (Wildman–Crippen MR) is 178 cm³/mol. The number of alkyl halides is 6. The first-order valence-corrected chi connectivity index (χ1v) is 16.1. The highest BCUT2D eigenvalue weighted by Crippen LogP contribution is 2.46. The summed E-state index contributed by atoms with van der Waals surface area (Å²) in [6, 6.07) is 20.8. The van der Waals surface area contributed by atoms with E-state index in [0.29, 0.717) is 45.5 Å². The van der Waals surface area contributed by atoms with Gasteiger partial charge in [0.1, 0.15) is 5.75 Å². The number of aliphatic hydroxyl groups is 1. The minimum Gasteiger partial charge on any atom is -0.494 e. The molecule has 0 fully saturated rings. The van der Waals surface area contributed by atoms with Crippen LogP contribution in [0.1, 0.15) is 45.9 Å². The predicted octanol–water partition coefficient (Wildman–Crippen LogP) is 9.01. The summed E-state index contributed by atoms with van der Waals surface area (Å²) in [6.07, 6.45) is -11.2. The first kappa shape index (κ1) is 37.2. The van der Waals surface area contributed by atoms with Crippen molar-refractivity contribution in [3.05, 3.63) is 139 Å². The smallest absolute Gasteiger partial charge is 0.416 e. The van der Waals surface area contributed by atoms with E-state index in [1.807, 2.05) is 0 Å². The number of carbonyl (C=O) groups excluding carboxylic acids is 1. The summed E-state index contributed by atoms with van der Waals surface area (Å²) in [5.74, 6) is -0.392. The van der Waals surface area contributed by atoms with Gasteiger partial charge >= 0.3 is 12.4 Å². The highest BCUT2D eigenvalue weighted by Gasteiger charge is 2.54. The van der Waals surface area contributed by atoms with Gasteiger partial charge < -0.3 is 19.9 Å². The zero-order valence-electron chi connectivity index (χ0n) is 26.4. The number of rotatable bonds is 12. The van der Waals surface area contributed by atoms with E-state index in [2.05, 4.69) is 31.3 Å². The fourth-order valence-electron chi connectivity index (χ4n) is 5.50. The molecule has 1 aliphatic heterocycles. The summed E-state index contributed by atoms with van der Waals surface area (Å²) in [5, 5.41) is 15.3. The fourth-order valence-corrected chi connectivity index (χ4v) is 5.99. The number of azide groups is 1. The lowest BCUT2D eigenvalue weighted by atomic mass is 9.81. The first-order valence-electron chi connectivity index (χ1n) is 15.3. The molecular weight excluding hydrogens is 748 g/mol. The van der Waals surface area contributed by atoms with Gasteiger partial charge in [-0.15, -0.1) is 0 Å². The van der Waals surface area contributed by atoms with Crippen molar-refractivity contribution in [2.45, 2.75) is 43.4 Å². The standard InChI is InChI=1S/C35H28BrF6N5O4/c36-28-8-3-2-7-27(28)30-33(19-23-6-1-4-9-29(23)46-47-43,45-31(51-30)22-10-12-26(13-11-22)50-15-5-14-48)32(49)44-20-21-16-24(34(37,38)39)18-25(17-21)35(40,41)42/h1-4,6-13,16-18,30,48H,5,14-15,19-20H2,(H,44,49)/t30-,33-/m1/s1. The summed E-state index contributed by atoms with van der Waals surface area (Å²) >= 11 is 3.50. The number of aliphatic imine (C=N–C) groups is 1. The Morgan fingerprint density at radius 2 is 1.63 bits per heavy atom. The van der Waals surface area contributed by atoms with Crippen LogP contribution in [0.2, 0.25) is 0 Å². The van der Waals surface area contributed by atoms with Gasteiger partial charge in [0.25, 0.3) is 5.91 Å². The van der Waals surface area contributed by atoms with Crippen LogP contribution in [0.15, 0.2) is 106 Å². The summed E-state index contributed by atoms with van der Waals surface area (Å²) in [4.78, 5) is 22.2. The molecule has 0 unspecified atom stereocenters. The third kappa shape index (κ3) is 8.64. The Bertz CT molecular complexity index is 1930. The van der Waals surface area contributed by atoms with E-state index in [0.717, 1.165) is 0 Å². The Labute approximate surface area is 295 Å². The number of hydrogen-bond acceptors (Lipinski definition) is 6. The monoisotopic (exact) mass is 775 g/mol. The Hall–Kier alpha value is -5.05. The molecule has 0 saturated heterocycles. The van der Waals surface area contributed by atoms with Crippen LogP contribution >= 0.6 is 15.9 Å². The van der Waals surface area contributed by atoms with Crippen molar-refractivity contribution in [1.82, 2.24) is 5.32 Å². The second kappa shape index (κ2) is 15.5. The minimum absolute atomic E-state index is 0.00670. The molecule has 1 amide bonds. The van der Waals surface area contributed by atoms with E-state index in [4.69, 9.17) is 19.6 Å². The van der Waals surface area contributed by atoms with Gasteiger partial charge in [0, 0.05) is 52.2 Å². The molecule has 2 atom stereocenters. The van der Waals surface area contributed by atoms with Crippen LogP contribution in [-0.2, 0) is 34.8 Å². The molecule has 0 radical (unpaired) electrons. The lowest BCUT2D eigenvalue weighted by molar-refractivity contribution is -0.143. The van der Waals surface area contributed by atoms with Gasteiger partial charge in [-0.25, -0.2) is 4.99 Å². The average molecular weight is 777 g/mol.